The molecular formula is C14H22N2O4. The van der Waals surface area contributed by atoms with E-state index in [1.54, 1.807) is 13.3 Å². The van der Waals surface area contributed by atoms with Crippen molar-refractivity contribution in [2.45, 2.75) is 37.8 Å². The Labute approximate surface area is 119 Å². The van der Waals surface area contributed by atoms with Crippen molar-refractivity contribution in [3.05, 3.63) is 18.5 Å². The predicted octanol–water partition coefficient (Wildman–Crippen LogP) is 1.57. The van der Waals surface area contributed by atoms with Crippen molar-refractivity contribution in [1.82, 2.24) is 9.78 Å². The van der Waals surface area contributed by atoms with E-state index in [0.29, 0.717) is 19.8 Å². The molecule has 1 aromatic heterocycles. The van der Waals surface area contributed by atoms with Crippen LogP contribution in [0.1, 0.15) is 31.7 Å². The molecule has 1 saturated carbocycles. The van der Waals surface area contributed by atoms with Gasteiger partial charge in [0, 0.05) is 19.5 Å². The number of hydrogen-bond donors (Lipinski definition) is 0. The maximum Gasteiger partial charge on any atom is 0.308 e. The van der Waals surface area contributed by atoms with Crippen LogP contribution in [0.2, 0.25) is 0 Å². The number of rotatable bonds is 8. The van der Waals surface area contributed by atoms with Crippen molar-refractivity contribution in [1.29, 1.82) is 0 Å². The van der Waals surface area contributed by atoms with Crippen LogP contribution < -0.4 is 0 Å². The lowest BCUT2D eigenvalue weighted by Gasteiger charge is -2.20. The molecule has 0 saturated heterocycles. The van der Waals surface area contributed by atoms with Crippen molar-refractivity contribution >= 4 is 5.97 Å². The first kappa shape index (κ1) is 15.0. The highest BCUT2D eigenvalue weighted by Gasteiger charge is 2.31. The Kier molecular flexibility index (Phi) is 6.01. The Morgan fingerprint density at radius 2 is 2.25 bits per heavy atom. The molecule has 0 N–H and O–H groups in total. The van der Waals surface area contributed by atoms with Gasteiger partial charge in [-0.2, -0.15) is 5.10 Å². The molecule has 0 bridgehead atoms. The number of methoxy groups -OCH3 is 1. The molecular weight excluding hydrogens is 260 g/mol. The average Bonchev–Trinajstić information content (AvgIpc) is 3.08. The summed E-state index contributed by atoms with van der Waals surface area (Å²) in [5.74, 6) is -0.202. The summed E-state index contributed by atoms with van der Waals surface area (Å²) in [6, 6.07) is 2.06. The van der Waals surface area contributed by atoms with Gasteiger partial charge in [0.2, 0.25) is 0 Å². The zero-order chi connectivity index (χ0) is 14.2. The van der Waals surface area contributed by atoms with Gasteiger partial charge in [0.05, 0.1) is 32.3 Å². The van der Waals surface area contributed by atoms with Crippen LogP contribution in [0.4, 0.5) is 0 Å². The number of aromatic nitrogens is 2. The number of ether oxygens (including phenoxy) is 3. The van der Waals surface area contributed by atoms with Gasteiger partial charge in [-0.3, -0.25) is 9.48 Å². The number of hydrogen-bond acceptors (Lipinski definition) is 5. The van der Waals surface area contributed by atoms with Crippen LogP contribution in [0.15, 0.2) is 18.5 Å². The molecule has 1 aliphatic carbocycles. The number of esters is 1. The van der Waals surface area contributed by atoms with E-state index in [9.17, 15) is 4.79 Å². The molecule has 0 amide bonds. The standard InChI is InChI=1S/C14H22N2O4/c1-18-10-11-19-9-6-14(17)20-13-5-2-4-12(13)16-8-3-7-15-16/h3,7-8,12-13H,2,4-6,9-11H2,1H3/t12-,13-/m1/s1. The van der Waals surface area contributed by atoms with Crippen LogP contribution in [0, 0.1) is 0 Å². The van der Waals surface area contributed by atoms with Gasteiger partial charge in [-0.15, -0.1) is 0 Å². The zero-order valence-corrected chi connectivity index (χ0v) is 11.9. The Bertz CT molecular complexity index is 394. The lowest BCUT2D eigenvalue weighted by atomic mass is 10.2. The summed E-state index contributed by atoms with van der Waals surface area (Å²) in [7, 11) is 1.62. The lowest BCUT2D eigenvalue weighted by Crippen LogP contribution is -2.25. The van der Waals surface area contributed by atoms with E-state index in [1.807, 2.05) is 16.9 Å². The molecule has 0 spiro atoms. The molecule has 112 valence electrons. The van der Waals surface area contributed by atoms with Crippen LogP contribution >= 0.6 is 0 Å². The minimum Gasteiger partial charge on any atom is -0.460 e. The minimum absolute atomic E-state index is 0.0682. The second kappa shape index (κ2) is 8.01. The Morgan fingerprint density at radius 3 is 3.00 bits per heavy atom. The molecule has 1 aromatic rings. The SMILES string of the molecule is COCCOCCC(=O)O[C@@H]1CCC[C@H]1n1cccn1. The molecule has 1 heterocycles. The topological polar surface area (TPSA) is 62.6 Å². The molecule has 2 rings (SSSR count). The molecule has 0 aromatic carbocycles. The third-order valence-electron chi connectivity index (χ3n) is 3.45. The normalized spacial score (nSPS) is 22.1. The fraction of sp³-hybridized carbons (Fsp3) is 0.714. The van der Waals surface area contributed by atoms with E-state index in [2.05, 4.69) is 5.10 Å². The number of carbonyl (C=O) groups excluding carboxylic acids is 1. The predicted molar refractivity (Wildman–Crippen MR) is 72.3 cm³/mol. The van der Waals surface area contributed by atoms with Gasteiger partial charge in [0.25, 0.3) is 0 Å². The molecule has 1 aliphatic rings. The van der Waals surface area contributed by atoms with E-state index < -0.39 is 0 Å². The molecule has 0 unspecified atom stereocenters. The van der Waals surface area contributed by atoms with Crippen molar-refractivity contribution < 1.29 is 19.0 Å². The van der Waals surface area contributed by atoms with Crippen LogP contribution in [-0.2, 0) is 19.0 Å². The Hall–Kier alpha value is -1.40. The fourth-order valence-corrected chi connectivity index (χ4v) is 2.45. The quantitative estimate of drug-likeness (QED) is 0.535. The van der Waals surface area contributed by atoms with Crippen molar-refractivity contribution in [2.75, 3.05) is 26.9 Å². The van der Waals surface area contributed by atoms with Gasteiger partial charge in [-0.05, 0) is 25.3 Å². The maximum atomic E-state index is 11.8. The Morgan fingerprint density at radius 1 is 1.35 bits per heavy atom. The van der Waals surface area contributed by atoms with E-state index in [-0.39, 0.29) is 24.5 Å². The molecule has 6 heteroatoms. The second-order valence-electron chi connectivity index (χ2n) is 4.87. The summed E-state index contributed by atoms with van der Waals surface area (Å²) < 4.78 is 17.6. The second-order valence-corrected chi connectivity index (χ2v) is 4.87. The van der Waals surface area contributed by atoms with Gasteiger partial charge in [0.15, 0.2) is 0 Å². The number of carbonyl (C=O) groups is 1. The van der Waals surface area contributed by atoms with Crippen molar-refractivity contribution in [2.24, 2.45) is 0 Å². The summed E-state index contributed by atoms with van der Waals surface area (Å²) >= 11 is 0. The zero-order valence-electron chi connectivity index (χ0n) is 11.9. The van der Waals surface area contributed by atoms with Crippen LogP contribution in [0.25, 0.3) is 0 Å². The van der Waals surface area contributed by atoms with E-state index in [1.165, 1.54) is 0 Å². The largest absolute Gasteiger partial charge is 0.460 e. The van der Waals surface area contributed by atoms with Crippen LogP contribution in [0.3, 0.4) is 0 Å². The van der Waals surface area contributed by atoms with Crippen LogP contribution in [-0.4, -0.2) is 48.8 Å². The van der Waals surface area contributed by atoms with Gasteiger partial charge in [-0.1, -0.05) is 0 Å². The summed E-state index contributed by atoms with van der Waals surface area (Å²) in [6.45, 7) is 1.42. The number of nitrogens with zero attached hydrogens (tertiary/aromatic N) is 2. The third kappa shape index (κ3) is 4.31. The van der Waals surface area contributed by atoms with Crippen molar-refractivity contribution in [3.8, 4) is 0 Å². The molecule has 0 radical (unpaired) electrons. The van der Waals surface area contributed by atoms with Crippen molar-refractivity contribution in [3.63, 3.8) is 0 Å². The van der Waals surface area contributed by atoms with E-state index in [4.69, 9.17) is 14.2 Å². The van der Waals surface area contributed by atoms with E-state index in [0.717, 1.165) is 19.3 Å². The molecule has 2 atom stereocenters. The van der Waals surface area contributed by atoms with Gasteiger partial charge in [0.1, 0.15) is 6.10 Å². The summed E-state index contributed by atoms with van der Waals surface area (Å²) in [5.41, 5.74) is 0. The highest BCUT2D eigenvalue weighted by Crippen LogP contribution is 2.32. The fourth-order valence-electron chi connectivity index (χ4n) is 2.45. The molecule has 20 heavy (non-hydrogen) atoms. The molecule has 6 nitrogen and oxygen atoms in total. The van der Waals surface area contributed by atoms with Gasteiger partial charge < -0.3 is 14.2 Å². The van der Waals surface area contributed by atoms with E-state index >= 15 is 0 Å². The third-order valence-corrected chi connectivity index (χ3v) is 3.45. The van der Waals surface area contributed by atoms with Gasteiger partial charge >= 0.3 is 5.97 Å². The molecule has 1 fully saturated rings. The summed E-state index contributed by atoms with van der Waals surface area (Å²) in [5, 5.41) is 4.24. The first-order valence-corrected chi connectivity index (χ1v) is 7.06. The first-order valence-electron chi connectivity index (χ1n) is 7.06. The maximum absolute atomic E-state index is 11.8. The highest BCUT2D eigenvalue weighted by atomic mass is 16.6. The lowest BCUT2D eigenvalue weighted by molar-refractivity contribution is -0.151. The minimum atomic E-state index is -0.202. The van der Waals surface area contributed by atoms with Crippen LogP contribution in [0.5, 0.6) is 0 Å². The summed E-state index contributed by atoms with van der Waals surface area (Å²) in [4.78, 5) is 11.8. The monoisotopic (exact) mass is 282 g/mol. The molecule has 0 aliphatic heterocycles. The first-order chi connectivity index (χ1) is 9.81. The Balaban J connectivity index is 1.70. The van der Waals surface area contributed by atoms with Gasteiger partial charge in [-0.25, -0.2) is 0 Å². The smallest absolute Gasteiger partial charge is 0.308 e. The summed E-state index contributed by atoms with van der Waals surface area (Å²) in [6.07, 6.45) is 6.86. The average molecular weight is 282 g/mol. The highest BCUT2D eigenvalue weighted by molar-refractivity contribution is 5.69.